The van der Waals surface area contributed by atoms with E-state index in [2.05, 4.69) is 20.4 Å². The number of nitro benzene ring substituents is 1. The van der Waals surface area contributed by atoms with Crippen LogP contribution in [0.5, 0.6) is 0 Å². The zero-order chi connectivity index (χ0) is 22.5. The van der Waals surface area contributed by atoms with Gasteiger partial charge in [0.2, 0.25) is 11.0 Å². The van der Waals surface area contributed by atoms with Gasteiger partial charge in [-0.1, -0.05) is 29.2 Å². The summed E-state index contributed by atoms with van der Waals surface area (Å²) >= 11 is 2.77. The minimum atomic E-state index is -0.471. The van der Waals surface area contributed by atoms with E-state index in [0.717, 1.165) is 9.47 Å². The predicted molar refractivity (Wildman–Crippen MR) is 120 cm³/mol. The Morgan fingerprint density at radius 2 is 1.97 bits per heavy atom. The SMILES string of the molecule is Cc1c(C(=O)N2CCN(c3nnc(SCC(=O)NC(C)C)s3)CC2)cccc1[N+](=O)[O-]. The molecule has 0 radical (unpaired) electrons. The lowest BCUT2D eigenvalue weighted by Crippen LogP contribution is -2.49. The van der Waals surface area contributed by atoms with Crippen LogP contribution in [0.15, 0.2) is 22.5 Å². The maximum atomic E-state index is 12.9. The lowest BCUT2D eigenvalue weighted by Gasteiger charge is -2.34. The van der Waals surface area contributed by atoms with Crippen molar-refractivity contribution in [2.75, 3.05) is 36.8 Å². The molecule has 0 unspecified atom stereocenters. The highest BCUT2D eigenvalue weighted by Gasteiger charge is 2.27. The van der Waals surface area contributed by atoms with Gasteiger partial charge in [-0.25, -0.2) is 0 Å². The molecule has 1 aromatic heterocycles. The van der Waals surface area contributed by atoms with Crippen molar-refractivity contribution < 1.29 is 14.5 Å². The van der Waals surface area contributed by atoms with Gasteiger partial charge in [0, 0.05) is 49.4 Å². The van der Waals surface area contributed by atoms with Gasteiger partial charge in [0.25, 0.3) is 11.6 Å². The molecule has 2 heterocycles. The van der Waals surface area contributed by atoms with Crippen LogP contribution in [-0.2, 0) is 4.79 Å². The van der Waals surface area contributed by atoms with E-state index < -0.39 is 4.92 Å². The number of amides is 2. The summed E-state index contributed by atoms with van der Waals surface area (Å²) in [6.07, 6.45) is 0. The molecule has 12 heteroatoms. The molecule has 1 aliphatic rings. The van der Waals surface area contributed by atoms with Crippen LogP contribution in [0.2, 0.25) is 0 Å². The summed E-state index contributed by atoms with van der Waals surface area (Å²) in [5.74, 6) is 0.0448. The molecule has 10 nitrogen and oxygen atoms in total. The monoisotopic (exact) mass is 464 g/mol. The fraction of sp³-hybridized carbons (Fsp3) is 0.474. The summed E-state index contributed by atoms with van der Waals surface area (Å²) in [6, 6.07) is 4.67. The van der Waals surface area contributed by atoms with Crippen molar-refractivity contribution >= 4 is 45.7 Å². The number of piperazine rings is 1. The van der Waals surface area contributed by atoms with E-state index in [1.807, 2.05) is 13.8 Å². The van der Waals surface area contributed by atoms with Crippen LogP contribution in [0.3, 0.4) is 0 Å². The largest absolute Gasteiger partial charge is 0.353 e. The topological polar surface area (TPSA) is 122 Å². The average Bonchev–Trinajstić information content (AvgIpc) is 3.20. The Balaban J connectivity index is 1.56. The minimum absolute atomic E-state index is 0.0414. The molecule has 2 aromatic rings. The van der Waals surface area contributed by atoms with Gasteiger partial charge in [-0.15, -0.1) is 10.2 Å². The second kappa shape index (κ2) is 10.1. The van der Waals surface area contributed by atoms with Gasteiger partial charge in [-0.3, -0.25) is 19.7 Å². The molecule has 3 rings (SSSR count). The Morgan fingerprint density at radius 1 is 1.26 bits per heavy atom. The highest BCUT2D eigenvalue weighted by Crippen LogP contribution is 2.29. The number of thioether (sulfide) groups is 1. The lowest BCUT2D eigenvalue weighted by atomic mass is 10.1. The quantitative estimate of drug-likeness (QED) is 0.376. The van der Waals surface area contributed by atoms with E-state index >= 15 is 0 Å². The molecule has 0 spiro atoms. The van der Waals surface area contributed by atoms with Crippen LogP contribution < -0.4 is 10.2 Å². The molecule has 0 aliphatic carbocycles. The molecule has 2 amide bonds. The van der Waals surface area contributed by atoms with Gasteiger partial charge >= 0.3 is 0 Å². The molecule has 0 bridgehead atoms. The van der Waals surface area contributed by atoms with Crippen LogP contribution in [0, 0.1) is 17.0 Å². The van der Waals surface area contributed by atoms with Crippen LogP contribution in [-0.4, -0.2) is 69.8 Å². The van der Waals surface area contributed by atoms with Crippen molar-refractivity contribution in [1.29, 1.82) is 0 Å². The van der Waals surface area contributed by atoms with Crippen molar-refractivity contribution in [3.05, 3.63) is 39.4 Å². The van der Waals surface area contributed by atoms with Crippen molar-refractivity contribution in [3.8, 4) is 0 Å². The number of hydrogen-bond acceptors (Lipinski definition) is 9. The number of hydrogen-bond donors (Lipinski definition) is 1. The third-order valence-electron chi connectivity index (χ3n) is 4.74. The maximum absolute atomic E-state index is 12.9. The Labute approximate surface area is 188 Å². The number of carbonyl (C=O) groups excluding carboxylic acids is 2. The Morgan fingerprint density at radius 3 is 2.61 bits per heavy atom. The first kappa shape index (κ1) is 22.9. The number of aromatic nitrogens is 2. The smallest absolute Gasteiger partial charge is 0.273 e. The number of nitrogens with one attached hydrogen (secondary N) is 1. The van der Waals surface area contributed by atoms with Gasteiger partial charge in [-0.2, -0.15) is 0 Å². The van der Waals surface area contributed by atoms with Crippen LogP contribution in [0.1, 0.15) is 29.8 Å². The standard InChI is InChI=1S/C19H24N6O4S2/c1-12(2)20-16(26)11-30-19-22-21-18(31-19)24-9-7-23(8-10-24)17(27)14-5-4-6-15(13(14)3)25(28)29/h4-6,12H,7-11H2,1-3H3,(H,20,26). The fourth-order valence-electron chi connectivity index (χ4n) is 3.20. The summed E-state index contributed by atoms with van der Waals surface area (Å²) in [5.41, 5.74) is 0.689. The second-order valence-corrected chi connectivity index (χ2v) is 9.53. The highest BCUT2D eigenvalue weighted by molar-refractivity contribution is 8.01. The van der Waals surface area contributed by atoms with E-state index in [1.54, 1.807) is 17.9 Å². The molecule has 1 saturated heterocycles. The summed E-state index contributed by atoms with van der Waals surface area (Å²) in [4.78, 5) is 39.1. The average molecular weight is 465 g/mol. The van der Waals surface area contributed by atoms with Gasteiger partial charge < -0.3 is 15.1 Å². The van der Waals surface area contributed by atoms with Gasteiger partial charge in [0.1, 0.15) is 0 Å². The summed E-state index contributed by atoms with van der Waals surface area (Å²) < 4.78 is 0.722. The number of carbonyl (C=O) groups is 2. The Kier molecular flexibility index (Phi) is 7.44. The highest BCUT2D eigenvalue weighted by atomic mass is 32.2. The molecule has 166 valence electrons. The predicted octanol–water partition coefficient (Wildman–Crippen LogP) is 2.33. The maximum Gasteiger partial charge on any atom is 0.273 e. The fourth-order valence-corrected chi connectivity index (χ4v) is 4.91. The molecular formula is C19H24N6O4S2. The van der Waals surface area contributed by atoms with E-state index in [4.69, 9.17) is 0 Å². The van der Waals surface area contributed by atoms with E-state index in [0.29, 0.717) is 37.3 Å². The molecule has 31 heavy (non-hydrogen) atoms. The van der Waals surface area contributed by atoms with Crippen LogP contribution in [0.25, 0.3) is 0 Å². The Bertz CT molecular complexity index is 972. The number of anilines is 1. The summed E-state index contributed by atoms with van der Waals surface area (Å²) in [5, 5.41) is 23.1. The molecule has 1 aromatic carbocycles. The molecule has 1 N–H and O–H groups in total. The van der Waals surface area contributed by atoms with Crippen LogP contribution >= 0.6 is 23.1 Å². The molecular weight excluding hydrogens is 440 g/mol. The zero-order valence-electron chi connectivity index (χ0n) is 17.5. The zero-order valence-corrected chi connectivity index (χ0v) is 19.2. The van der Waals surface area contributed by atoms with E-state index in [9.17, 15) is 19.7 Å². The summed E-state index contributed by atoms with van der Waals surface area (Å²) in [7, 11) is 0. The lowest BCUT2D eigenvalue weighted by molar-refractivity contribution is -0.385. The minimum Gasteiger partial charge on any atom is -0.353 e. The number of benzene rings is 1. The van der Waals surface area contributed by atoms with Gasteiger partial charge in [-0.05, 0) is 26.8 Å². The van der Waals surface area contributed by atoms with Crippen molar-refractivity contribution in [2.45, 2.75) is 31.2 Å². The normalized spacial score (nSPS) is 14.1. The second-order valence-electron chi connectivity index (χ2n) is 7.35. The first-order chi connectivity index (χ1) is 14.8. The van der Waals surface area contributed by atoms with Crippen molar-refractivity contribution in [3.63, 3.8) is 0 Å². The number of nitrogens with zero attached hydrogens (tertiary/aromatic N) is 5. The number of rotatable bonds is 7. The molecule has 0 atom stereocenters. The third-order valence-corrected chi connectivity index (χ3v) is 6.86. The Hall–Kier alpha value is -2.73. The van der Waals surface area contributed by atoms with E-state index in [1.165, 1.54) is 35.2 Å². The van der Waals surface area contributed by atoms with Crippen molar-refractivity contribution in [1.82, 2.24) is 20.4 Å². The van der Waals surface area contributed by atoms with Gasteiger partial charge in [0.05, 0.1) is 10.7 Å². The first-order valence-corrected chi connectivity index (χ1v) is 11.6. The summed E-state index contributed by atoms with van der Waals surface area (Å²) in [6.45, 7) is 7.58. The molecule has 1 aliphatic heterocycles. The number of nitro groups is 1. The molecule has 1 fully saturated rings. The van der Waals surface area contributed by atoms with Crippen LogP contribution in [0.4, 0.5) is 10.8 Å². The van der Waals surface area contributed by atoms with Crippen molar-refractivity contribution in [2.24, 2.45) is 0 Å². The molecule has 0 saturated carbocycles. The third kappa shape index (κ3) is 5.70. The van der Waals surface area contributed by atoms with Gasteiger partial charge in [0.15, 0.2) is 4.34 Å². The first-order valence-electron chi connectivity index (χ1n) is 9.80. The van der Waals surface area contributed by atoms with E-state index in [-0.39, 0.29) is 29.3 Å².